The molecule has 8 heteroatoms. The lowest BCUT2D eigenvalue weighted by molar-refractivity contribution is -0.113. The van der Waals surface area contributed by atoms with Crippen LogP contribution in [0.5, 0.6) is 11.5 Å². The molecule has 170 valence electrons. The maximum atomic E-state index is 13.5. The summed E-state index contributed by atoms with van der Waals surface area (Å²) in [4.78, 5) is 18.1. The normalized spacial score (nSPS) is 14.8. The Hall–Kier alpha value is -4.59. The topological polar surface area (TPSA) is 101 Å². The fraction of sp³-hybridized carbons (Fsp3) is 0.115. The van der Waals surface area contributed by atoms with E-state index in [2.05, 4.69) is 15.6 Å². The van der Waals surface area contributed by atoms with Gasteiger partial charge in [-0.3, -0.25) is 4.79 Å². The Morgan fingerprint density at radius 3 is 2.62 bits per heavy atom. The number of ether oxygens (including phenoxy) is 1. The van der Waals surface area contributed by atoms with E-state index in [4.69, 9.17) is 9.84 Å². The molecule has 0 fully saturated rings. The minimum absolute atomic E-state index is 0.103. The number of nitrogens with zero attached hydrogens (tertiary/aromatic N) is 3. The first-order valence-corrected chi connectivity index (χ1v) is 10.8. The van der Waals surface area contributed by atoms with E-state index in [-0.39, 0.29) is 11.7 Å². The van der Waals surface area contributed by atoms with Crippen molar-refractivity contribution in [1.29, 1.82) is 0 Å². The Kier molecular flexibility index (Phi) is 5.47. The molecule has 0 bridgehead atoms. The van der Waals surface area contributed by atoms with Crippen LogP contribution in [0.2, 0.25) is 0 Å². The molecule has 1 unspecified atom stereocenters. The highest BCUT2D eigenvalue weighted by atomic mass is 16.5. The van der Waals surface area contributed by atoms with Crippen LogP contribution in [0.1, 0.15) is 18.5 Å². The van der Waals surface area contributed by atoms with Gasteiger partial charge in [-0.15, -0.1) is 5.10 Å². The molecule has 0 saturated carbocycles. The lowest BCUT2D eigenvalue weighted by Gasteiger charge is -2.28. The van der Waals surface area contributed by atoms with Crippen LogP contribution in [-0.4, -0.2) is 32.9 Å². The average Bonchev–Trinajstić information content (AvgIpc) is 3.27. The molecule has 34 heavy (non-hydrogen) atoms. The molecule has 8 nitrogen and oxygen atoms in total. The minimum atomic E-state index is -0.598. The van der Waals surface area contributed by atoms with Gasteiger partial charge in [-0.25, -0.2) is 4.68 Å². The summed E-state index contributed by atoms with van der Waals surface area (Å²) in [6, 6.07) is 23.0. The van der Waals surface area contributed by atoms with Gasteiger partial charge in [0, 0.05) is 16.9 Å². The number of allylic oxidation sites excluding steroid dienone is 1. The average molecular weight is 454 g/mol. The number of fused-ring (bicyclic) bond motifs is 1. The molecule has 1 atom stereocenters. The van der Waals surface area contributed by atoms with Crippen molar-refractivity contribution >= 4 is 17.5 Å². The summed E-state index contributed by atoms with van der Waals surface area (Å²) in [5.74, 6) is 1.52. The third-order valence-electron chi connectivity index (χ3n) is 5.64. The Morgan fingerprint density at radius 2 is 1.85 bits per heavy atom. The number of benzene rings is 3. The van der Waals surface area contributed by atoms with Crippen molar-refractivity contribution in [1.82, 2.24) is 14.8 Å². The van der Waals surface area contributed by atoms with Crippen molar-refractivity contribution in [3.8, 4) is 22.9 Å². The predicted molar refractivity (Wildman–Crippen MR) is 130 cm³/mol. The van der Waals surface area contributed by atoms with Crippen LogP contribution in [0.15, 0.2) is 90.1 Å². The number of rotatable bonds is 5. The Bertz CT molecular complexity index is 1390. The number of phenols is 1. The summed E-state index contributed by atoms with van der Waals surface area (Å²) in [5.41, 5.74) is 3.31. The first-order valence-electron chi connectivity index (χ1n) is 10.8. The third-order valence-corrected chi connectivity index (χ3v) is 5.64. The summed E-state index contributed by atoms with van der Waals surface area (Å²) in [6.07, 6.45) is 0. The number of aromatic nitrogens is 3. The summed E-state index contributed by atoms with van der Waals surface area (Å²) >= 11 is 0. The molecule has 1 aliphatic rings. The largest absolute Gasteiger partial charge is 0.508 e. The zero-order valence-electron chi connectivity index (χ0n) is 18.7. The molecule has 0 radical (unpaired) electrons. The van der Waals surface area contributed by atoms with Crippen LogP contribution in [0, 0.1) is 0 Å². The monoisotopic (exact) mass is 453 g/mol. The van der Waals surface area contributed by atoms with E-state index in [0.717, 1.165) is 5.56 Å². The Balaban J connectivity index is 1.61. The number of nitrogens with one attached hydrogen (secondary N) is 2. The number of phenolic OH excluding ortho intramolecular Hbond substituents is 1. The third kappa shape index (κ3) is 3.97. The smallest absolute Gasteiger partial charge is 0.255 e. The van der Waals surface area contributed by atoms with E-state index in [9.17, 15) is 9.90 Å². The van der Waals surface area contributed by atoms with Gasteiger partial charge in [0.15, 0.2) is 5.82 Å². The second kappa shape index (κ2) is 8.74. The van der Waals surface area contributed by atoms with Crippen LogP contribution in [0.4, 0.5) is 11.6 Å². The fourth-order valence-electron chi connectivity index (χ4n) is 4.05. The van der Waals surface area contributed by atoms with Gasteiger partial charge >= 0.3 is 0 Å². The quantitative estimate of drug-likeness (QED) is 0.409. The van der Waals surface area contributed by atoms with Crippen LogP contribution < -0.4 is 15.4 Å². The van der Waals surface area contributed by atoms with E-state index in [0.29, 0.717) is 40.0 Å². The first-order chi connectivity index (χ1) is 16.5. The molecular weight excluding hydrogens is 430 g/mol. The minimum Gasteiger partial charge on any atom is -0.508 e. The number of para-hydroxylation sites is 1. The molecule has 2 heterocycles. The van der Waals surface area contributed by atoms with Crippen molar-refractivity contribution in [2.75, 3.05) is 17.7 Å². The number of aromatic hydroxyl groups is 1. The highest BCUT2D eigenvalue weighted by molar-refractivity contribution is 6.06. The van der Waals surface area contributed by atoms with Crippen LogP contribution in [-0.2, 0) is 4.79 Å². The van der Waals surface area contributed by atoms with E-state index >= 15 is 0 Å². The Morgan fingerprint density at radius 1 is 1.06 bits per heavy atom. The molecule has 5 rings (SSSR count). The lowest BCUT2D eigenvalue weighted by atomic mass is 9.95. The molecular formula is C26H23N5O3. The second-order valence-corrected chi connectivity index (χ2v) is 7.92. The number of hydrogen-bond donors (Lipinski definition) is 3. The zero-order valence-corrected chi connectivity index (χ0v) is 18.7. The van der Waals surface area contributed by atoms with E-state index < -0.39 is 6.04 Å². The standard InChI is InChI=1S/C26H23N5O3/c1-16-22(25(33)28-19-10-4-3-5-11-19)23(17-8-6-12-20(32)14-17)31-26(27-16)29-24(30-31)18-9-7-13-21(15-18)34-2/h3-15,23,32H,1-2H3,(H,28,33)(H,27,29,30). The van der Waals surface area contributed by atoms with Crippen molar-refractivity contribution in [2.24, 2.45) is 0 Å². The van der Waals surface area contributed by atoms with Gasteiger partial charge in [0.2, 0.25) is 5.95 Å². The summed E-state index contributed by atoms with van der Waals surface area (Å²) < 4.78 is 7.01. The van der Waals surface area contributed by atoms with Gasteiger partial charge in [0.05, 0.1) is 12.7 Å². The van der Waals surface area contributed by atoms with E-state index in [1.165, 1.54) is 0 Å². The highest BCUT2D eigenvalue weighted by Crippen LogP contribution is 2.37. The van der Waals surface area contributed by atoms with Gasteiger partial charge in [0.25, 0.3) is 5.91 Å². The fourth-order valence-corrected chi connectivity index (χ4v) is 4.05. The number of carbonyl (C=O) groups excluding carboxylic acids is 1. The lowest BCUT2D eigenvalue weighted by Crippen LogP contribution is -2.31. The van der Waals surface area contributed by atoms with Crippen molar-refractivity contribution in [3.63, 3.8) is 0 Å². The molecule has 4 aromatic rings. The molecule has 0 saturated heterocycles. The maximum Gasteiger partial charge on any atom is 0.255 e. The predicted octanol–water partition coefficient (Wildman–Crippen LogP) is 4.59. The van der Waals surface area contributed by atoms with Crippen molar-refractivity contribution in [2.45, 2.75) is 13.0 Å². The first kappa shape index (κ1) is 21.3. The molecule has 3 aromatic carbocycles. The Labute approximate surface area is 196 Å². The van der Waals surface area contributed by atoms with Gasteiger partial charge in [-0.2, -0.15) is 4.98 Å². The highest BCUT2D eigenvalue weighted by Gasteiger charge is 2.34. The molecule has 1 aliphatic heterocycles. The van der Waals surface area contributed by atoms with Crippen molar-refractivity contribution < 1.29 is 14.6 Å². The molecule has 1 amide bonds. The van der Waals surface area contributed by atoms with Crippen LogP contribution >= 0.6 is 0 Å². The SMILES string of the molecule is COc1cccc(-c2nc3n(n2)C(c2cccc(O)c2)C(C(=O)Nc2ccccc2)=C(C)N3)c1. The number of amides is 1. The summed E-state index contributed by atoms with van der Waals surface area (Å²) in [7, 11) is 1.61. The van der Waals surface area contributed by atoms with Crippen LogP contribution in [0.3, 0.4) is 0 Å². The second-order valence-electron chi connectivity index (χ2n) is 7.92. The van der Waals surface area contributed by atoms with E-state index in [1.807, 2.05) is 67.6 Å². The van der Waals surface area contributed by atoms with Crippen LogP contribution in [0.25, 0.3) is 11.4 Å². The number of methoxy groups -OCH3 is 1. The van der Waals surface area contributed by atoms with Gasteiger partial charge in [0.1, 0.15) is 17.5 Å². The molecule has 0 spiro atoms. The number of anilines is 2. The zero-order chi connectivity index (χ0) is 23.7. The summed E-state index contributed by atoms with van der Waals surface area (Å²) in [5, 5.41) is 21.1. The molecule has 3 N–H and O–H groups in total. The van der Waals surface area contributed by atoms with Gasteiger partial charge in [-0.1, -0.05) is 42.5 Å². The molecule has 1 aromatic heterocycles. The number of carbonyl (C=O) groups is 1. The van der Waals surface area contributed by atoms with Gasteiger partial charge < -0.3 is 20.5 Å². The van der Waals surface area contributed by atoms with E-state index in [1.54, 1.807) is 30.0 Å². The summed E-state index contributed by atoms with van der Waals surface area (Å²) in [6.45, 7) is 1.83. The maximum absolute atomic E-state index is 13.5. The van der Waals surface area contributed by atoms with Crippen molar-refractivity contribution in [3.05, 3.63) is 95.7 Å². The van der Waals surface area contributed by atoms with Gasteiger partial charge in [-0.05, 0) is 48.9 Å². The molecule has 0 aliphatic carbocycles. The number of hydrogen-bond acceptors (Lipinski definition) is 6.